The standard InChI is InChI=1S/C6H9FO8S2/c7-1-2-13-6(8)5-3-14-16(9,10)4-17(11,12)15-5/h5H,1-4H2. The minimum absolute atomic E-state index is 0.578. The van der Waals surface area contributed by atoms with Gasteiger partial charge in [0.2, 0.25) is 5.08 Å². The van der Waals surface area contributed by atoms with Gasteiger partial charge in [0, 0.05) is 0 Å². The highest BCUT2D eigenvalue weighted by molar-refractivity contribution is 8.03. The molecule has 0 aromatic carbocycles. The number of hydrogen-bond acceptors (Lipinski definition) is 8. The number of carbonyl (C=O) groups is 1. The summed E-state index contributed by atoms with van der Waals surface area (Å²) in [7, 11) is -8.76. The van der Waals surface area contributed by atoms with Gasteiger partial charge in [0.15, 0.2) is 6.10 Å². The van der Waals surface area contributed by atoms with Gasteiger partial charge in [0.05, 0.1) is 0 Å². The maximum Gasteiger partial charge on any atom is 0.339 e. The van der Waals surface area contributed by atoms with Crippen molar-refractivity contribution in [2.24, 2.45) is 0 Å². The average molecular weight is 292 g/mol. The Hall–Kier alpha value is -0.780. The van der Waals surface area contributed by atoms with Gasteiger partial charge < -0.3 is 4.74 Å². The predicted molar refractivity (Wildman–Crippen MR) is 50.5 cm³/mol. The first-order valence-electron chi connectivity index (χ1n) is 4.26. The summed E-state index contributed by atoms with van der Waals surface area (Å²) in [6.07, 6.45) is -1.75. The van der Waals surface area contributed by atoms with Gasteiger partial charge in [0.1, 0.15) is 19.9 Å². The second-order valence-electron chi connectivity index (χ2n) is 2.96. The van der Waals surface area contributed by atoms with Crippen molar-refractivity contribution < 1.29 is 39.1 Å². The molecule has 0 aliphatic carbocycles. The lowest BCUT2D eigenvalue weighted by Crippen LogP contribution is -2.32. The number of hydrogen-bond donors (Lipinski definition) is 0. The number of esters is 1. The minimum atomic E-state index is -4.45. The summed E-state index contributed by atoms with van der Waals surface area (Å²) in [4.78, 5) is 11.2. The van der Waals surface area contributed by atoms with Gasteiger partial charge in [-0.3, -0.25) is 8.37 Å². The van der Waals surface area contributed by atoms with Crippen LogP contribution in [0.3, 0.4) is 0 Å². The maximum atomic E-state index is 11.7. The van der Waals surface area contributed by atoms with Crippen LogP contribution in [0.4, 0.5) is 4.39 Å². The third-order valence-corrected chi connectivity index (χ3v) is 4.86. The first-order valence-corrected chi connectivity index (χ1v) is 7.42. The summed E-state index contributed by atoms with van der Waals surface area (Å²) in [6, 6.07) is 0. The molecule has 100 valence electrons. The fourth-order valence-electron chi connectivity index (χ4n) is 0.948. The number of rotatable bonds is 3. The molecular weight excluding hydrogens is 283 g/mol. The zero-order valence-corrected chi connectivity index (χ0v) is 10.00. The van der Waals surface area contributed by atoms with Crippen LogP contribution >= 0.6 is 0 Å². The van der Waals surface area contributed by atoms with Gasteiger partial charge in [0.25, 0.3) is 20.2 Å². The molecule has 0 bridgehead atoms. The van der Waals surface area contributed by atoms with Crippen LogP contribution < -0.4 is 0 Å². The number of halogens is 1. The van der Waals surface area contributed by atoms with Gasteiger partial charge in [-0.25, -0.2) is 9.18 Å². The molecule has 1 fully saturated rings. The molecule has 8 nitrogen and oxygen atoms in total. The Balaban J connectivity index is 2.80. The summed E-state index contributed by atoms with van der Waals surface area (Å²) >= 11 is 0. The third kappa shape index (κ3) is 4.53. The summed E-state index contributed by atoms with van der Waals surface area (Å²) in [5.74, 6) is -1.21. The third-order valence-electron chi connectivity index (χ3n) is 1.53. The quantitative estimate of drug-likeness (QED) is 0.457. The monoisotopic (exact) mass is 292 g/mol. The molecule has 17 heavy (non-hydrogen) atoms. The highest BCUT2D eigenvalue weighted by atomic mass is 32.3. The molecule has 1 atom stereocenters. The van der Waals surface area contributed by atoms with E-state index < -0.39 is 57.3 Å². The Morgan fingerprint density at radius 2 is 1.94 bits per heavy atom. The molecule has 1 rings (SSSR count). The van der Waals surface area contributed by atoms with Crippen molar-refractivity contribution in [1.82, 2.24) is 0 Å². The van der Waals surface area contributed by atoms with Crippen LogP contribution in [-0.2, 0) is 38.1 Å². The average Bonchev–Trinajstić information content (AvgIpc) is 2.29. The van der Waals surface area contributed by atoms with Gasteiger partial charge in [-0.2, -0.15) is 16.8 Å². The van der Waals surface area contributed by atoms with Crippen molar-refractivity contribution >= 4 is 26.2 Å². The summed E-state index contributed by atoms with van der Waals surface area (Å²) in [5, 5.41) is -1.38. The molecule has 0 aromatic heterocycles. The molecule has 1 unspecified atom stereocenters. The van der Waals surface area contributed by atoms with E-state index in [0.717, 1.165) is 0 Å². The van der Waals surface area contributed by atoms with E-state index in [1.807, 2.05) is 0 Å². The van der Waals surface area contributed by atoms with E-state index in [1.54, 1.807) is 0 Å². The molecular formula is C6H9FO8S2. The van der Waals surface area contributed by atoms with Crippen molar-refractivity contribution in [3.8, 4) is 0 Å². The van der Waals surface area contributed by atoms with Gasteiger partial charge in [-0.1, -0.05) is 0 Å². The van der Waals surface area contributed by atoms with E-state index in [0.29, 0.717) is 0 Å². The smallest absolute Gasteiger partial charge is 0.339 e. The normalized spacial score (nSPS) is 27.0. The van der Waals surface area contributed by atoms with Crippen LogP contribution in [-0.4, -0.2) is 53.9 Å². The van der Waals surface area contributed by atoms with Crippen molar-refractivity contribution in [2.45, 2.75) is 6.10 Å². The molecule has 1 saturated heterocycles. The van der Waals surface area contributed by atoms with Crippen LogP contribution in [0.1, 0.15) is 0 Å². The molecule has 0 saturated carbocycles. The molecule has 1 aliphatic rings. The predicted octanol–water partition coefficient (Wildman–Crippen LogP) is -1.47. The van der Waals surface area contributed by atoms with Gasteiger partial charge >= 0.3 is 5.97 Å². The van der Waals surface area contributed by atoms with Crippen LogP contribution in [0.5, 0.6) is 0 Å². The summed E-state index contributed by atoms with van der Waals surface area (Å²) in [5.41, 5.74) is 0. The lowest BCUT2D eigenvalue weighted by molar-refractivity contribution is -0.153. The number of alkyl halides is 1. The second-order valence-corrected chi connectivity index (χ2v) is 6.56. The van der Waals surface area contributed by atoms with E-state index in [1.165, 1.54) is 0 Å². The van der Waals surface area contributed by atoms with Gasteiger partial charge in [-0.15, -0.1) is 0 Å². The zero-order chi connectivity index (χ0) is 13.1. The molecule has 0 aromatic rings. The molecule has 1 aliphatic heterocycles. The van der Waals surface area contributed by atoms with Crippen molar-refractivity contribution in [2.75, 3.05) is 25.0 Å². The lowest BCUT2D eigenvalue weighted by Gasteiger charge is -2.10. The highest BCUT2D eigenvalue weighted by Crippen LogP contribution is 2.13. The molecule has 0 N–H and O–H groups in total. The first kappa shape index (κ1) is 14.3. The van der Waals surface area contributed by atoms with Crippen LogP contribution in [0.15, 0.2) is 0 Å². The largest absolute Gasteiger partial charge is 0.461 e. The molecule has 1 heterocycles. The second kappa shape index (κ2) is 5.25. The minimum Gasteiger partial charge on any atom is -0.461 e. The van der Waals surface area contributed by atoms with Crippen LogP contribution in [0.25, 0.3) is 0 Å². The van der Waals surface area contributed by atoms with Crippen molar-refractivity contribution in [3.63, 3.8) is 0 Å². The van der Waals surface area contributed by atoms with Crippen molar-refractivity contribution in [3.05, 3.63) is 0 Å². The Bertz CT molecular complexity index is 480. The molecule has 0 spiro atoms. The first-order chi connectivity index (χ1) is 7.76. The van der Waals surface area contributed by atoms with E-state index in [-0.39, 0.29) is 0 Å². The van der Waals surface area contributed by atoms with E-state index >= 15 is 0 Å². The fourth-order valence-corrected chi connectivity index (χ4v) is 3.68. The zero-order valence-electron chi connectivity index (χ0n) is 8.37. The van der Waals surface area contributed by atoms with Crippen LogP contribution in [0, 0.1) is 0 Å². The maximum absolute atomic E-state index is 11.7. The molecule has 0 radical (unpaired) electrons. The van der Waals surface area contributed by atoms with E-state index in [2.05, 4.69) is 13.1 Å². The van der Waals surface area contributed by atoms with Gasteiger partial charge in [-0.05, 0) is 0 Å². The van der Waals surface area contributed by atoms with Crippen molar-refractivity contribution in [1.29, 1.82) is 0 Å². The Kier molecular flexibility index (Phi) is 4.41. The molecule has 0 amide bonds. The topological polar surface area (TPSA) is 113 Å². The SMILES string of the molecule is O=C(OCCF)C1COS(=O)(=O)CS(=O)(=O)O1. The summed E-state index contributed by atoms with van der Waals surface area (Å²) < 4.78 is 68.6. The Morgan fingerprint density at radius 1 is 1.29 bits per heavy atom. The van der Waals surface area contributed by atoms with E-state index in [4.69, 9.17) is 0 Å². The fraction of sp³-hybridized carbons (Fsp3) is 0.833. The Labute approximate surface area is 96.9 Å². The number of ether oxygens (including phenoxy) is 1. The van der Waals surface area contributed by atoms with E-state index in [9.17, 15) is 26.0 Å². The summed E-state index contributed by atoms with van der Waals surface area (Å²) in [6.45, 7) is -2.36. The molecule has 11 heteroatoms. The lowest BCUT2D eigenvalue weighted by atomic mass is 10.4. The number of carbonyl (C=O) groups excluding carboxylic acids is 1. The Morgan fingerprint density at radius 3 is 2.53 bits per heavy atom. The van der Waals surface area contributed by atoms with Crippen LogP contribution in [0.2, 0.25) is 0 Å². The highest BCUT2D eigenvalue weighted by Gasteiger charge is 2.37.